The van der Waals surface area contributed by atoms with Gasteiger partial charge in [0.1, 0.15) is 0 Å². The van der Waals surface area contributed by atoms with Gasteiger partial charge in [-0.25, -0.2) is 13.2 Å². The molecule has 2 rings (SSSR count). The van der Waals surface area contributed by atoms with Crippen LogP contribution in [0.15, 0.2) is 30.3 Å². The highest BCUT2D eigenvalue weighted by atomic mass is 19.2. The minimum atomic E-state index is -0.944. The first-order valence-corrected chi connectivity index (χ1v) is 7.98. The summed E-state index contributed by atoms with van der Waals surface area (Å²) in [4.78, 5) is 0. The summed E-state index contributed by atoms with van der Waals surface area (Å²) in [6, 6.07) is 7.19. The summed E-state index contributed by atoms with van der Waals surface area (Å²) in [6.07, 6.45) is 3.34. The van der Waals surface area contributed by atoms with E-state index in [1.54, 1.807) is 13.0 Å². The van der Waals surface area contributed by atoms with Crippen LogP contribution in [0.1, 0.15) is 38.7 Å². The molecule has 0 heterocycles. The van der Waals surface area contributed by atoms with E-state index in [0.29, 0.717) is 24.2 Å². The van der Waals surface area contributed by atoms with Crippen molar-refractivity contribution in [3.8, 4) is 16.9 Å². The van der Waals surface area contributed by atoms with Crippen molar-refractivity contribution in [3.63, 3.8) is 0 Å². The lowest BCUT2D eigenvalue weighted by molar-refractivity contribution is 0.291. The number of unbranched alkanes of at least 4 members (excludes halogenated alkanes) is 2. The molecular formula is C19H21F3O. The third-order valence-corrected chi connectivity index (χ3v) is 3.79. The van der Waals surface area contributed by atoms with Gasteiger partial charge in [0.15, 0.2) is 23.2 Å². The number of ether oxygens (including phenoxy) is 1. The monoisotopic (exact) mass is 322 g/mol. The molecule has 2 aromatic rings. The van der Waals surface area contributed by atoms with Crippen LogP contribution >= 0.6 is 0 Å². The van der Waals surface area contributed by atoms with Crippen molar-refractivity contribution in [2.75, 3.05) is 6.61 Å². The Hall–Kier alpha value is -1.97. The molecule has 0 atom stereocenters. The molecular weight excluding hydrogens is 301 g/mol. The molecule has 0 aliphatic carbocycles. The summed E-state index contributed by atoms with van der Waals surface area (Å²) in [5.41, 5.74) is 0.654. The number of rotatable bonds is 7. The van der Waals surface area contributed by atoms with Crippen molar-refractivity contribution in [1.29, 1.82) is 0 Å². The molecule has 0 amide bonds. The number of aryl methyl sites for hydroxylation is 1. The third kappa shape index (κ3) is 4.06. The van der Waals surface area contributed by atoms with Crippen LogP contribution in [0.25, 0.3) is 11.1 Å². The molecule has 0 fully saturated rings. The normalized spacial score (nSPS) is 10.8. The average molecular weight is 322 g/mol. The number of hydrogen-bond donors (Lipinski definition) is 0. The van der Waals surface area contributed by atoms with Crippen LogP contribution in [0.2, 0.25) is 0 Å². The van der Waals surface area contributed by atoms with E-state index in [0.717, 1.165) is 19.3 Å². The Kier molecular flexibility index (Phi) is 6.08. The second kappa shape index (κ2) is 8.04. The smallest absolute Gasteiger partial charge is 0.166 e. The van der Waals surface area contributed by atoms with Gasteiger partial charge in [0.2, 0.25) is 0 Å². The Morgan fingerprint density at radius 2 is 1.70 bits per heavy atom. The Morgan fingerprint density at radius 3 is 2.35 bits per heavy atom. The first-order valence-electron chi connectivity index (χ1n) is 7.98. The Morgan fingerprint density at radius 1 is 0.913 bits per heavy atom. The third-order valence-electron chi connectivity index (χ3n) is 3.79. The topological polar surface area (TPSA) is 9.23 Å². The van der Waals surface area contributed by atoms with Gasteiger partial charge in [0, 0.05) is 5.56 Å². The van der Waals surface area contributed by atoms with Gasteiger partial charge in [-0.15, -0.1) is 0 Å². The van der Waals surface area contributed by atoms with E-state index in [1.807, 2.05) is 0 Å². The van der Waals surface area contributed by atoms with Crippen LogP contribution < -0.4 is 4.74 Å². The standard InChI is InChI=1S/C19H21F3O/c1-3-5-6-11-23-17-10-8-14(12-16(17)20)15-9-7-13(4-2)18(21)19(15)22/h7-10,12H,3-6,11H2,1-2H3. The van der Waals surface area contributed by atoms with Crippen LogP contribution in [-0.4, -0.2) is 6.61 Å². The van der Waals surface area contributed by atoms with Crippen molar-refractivity contribution in [3.05, 3.63) is 53.3 Å². The summed E-state index contributed by atoms with van der Waals surface area (Å²) in [5.74, 6) is -2.25. The van der Waals surface area contributed by atoms with Crippen LogP contribution in [-0.2, 0) is 6.42 Å². The maximum atomic E-state index is 14.1. The van der Waals surface area contributed by atoms with Gasteiger partial charge in [-0.05, 0) is 36.1 Å². The molecule has 0 saturated heterocycles. The molecule has 0 unspecified atom stereocenters. The van der Waals surface area contributed by atoms with Crippen molar-refractivity contribution in [2.45, 2.75) is 39.5 Å². The molecule has 0 aromatic heterocycles. The zero-order valence-corrected chi connectivity index (χ0v) is 13.5. The predicted octanol–water partition coefficient (Wildman–Crippen LogP) is 5.90. The lowest BCUT2D eigenvalue weighted by atomic mass is 10.0. The zero-order valence-electron chi connectivity index (χ0n) is 13.5. The maximum Gasteiger partial charge on any atom is 0.166 e. The first-order chi connectivity index (χ1) is 11.1. The first kappa shape index (κ1) is 17.4. The molecule has 0 bridgehead atoms. The maximum absolute atomic E-state index is 14.1. The van der Waals surface area contributed by atoms with E-state index in [2.05, 4.69) is 6.92 Å². The lowest BCUT2D eigenvalue weighted by Crippen LogP contribution is -2.00. The summed E-state index contributed by atoms with van der Waals surface area (Å²) in [5, 5.41) is 0. The number of halogens is 3. The predicted molar refractivity (Wildman–Crippen MR) is 86.2 cm³/mol. The fraction of sp³-hybridized carbons (Fsp3) is 0.368. The molecule has 0 aliphatic rings. The van der Waals surface area contributed by atoms with Gasteiger partial charge in [-0.2, -0.15) is 0 Å². The average Bonchev–Trinajstić information content (AvgIpc) is 2.55. The van der Waals surface area contributed by atoms with E-state index in [9.17, 15) is 13.2 Å². The van der Waals surface area contributed by atoms with Crippen LogP contribution in [0.5, 0.6) is 5.75 Å². The van der Waals surface area contributed by atoms with Gasteiger partial charge in [-0.3, -0.25) is 0 Å². The molecule has 0 N–H and O–H groups in total. The van der Waals surface area contributed by atoms with Crippen molar-refractivity contribution < 1.29 is 17.9 Å². The van der Waals surface area contributed by atoms with Crippen LogP contribution in [0.4, 0.5) is 13.2 Å². The van der Waals surface area contributed by atoms with Gasteiger partial charge in [0.25, 0.3) is 0 Å². The lowest BCUT2D eigenvalue weighted by Gasteiger charge is -2.10. The molecule has 2 aromatic carbocycles. The van der Waals surface area contributed by atoms with Crippen molar-refractivity contribution >= 4 is 0 Å². The van der Waals surface area contributed by atoms with E-state index in [4.69, 9.17) is 4.74 Å². The van der Waals surface area contributed by atoms with Crippen molar-refractivity contribution in [1.82, 2.24) is 0 Å². The Balaban J connectivity index is 2.22. The molecule has 0 radical (unpaired) electrons. The van der Waals surface area contributed by atoms with E-state index >= 15 is 0 Å². The zero-order chi connectivity index (χ0) is 16.8. The van der Waals surface area contributed by atoms with Gasteiger partial charge in [-0.1, -0.05) is 44.9 Å². The summed E-state index contributed by atoms with van der Waals surface area (Å²) in [6.45, 7) is 4.27. The number of benzene rings is 2. The quantitative estimate of drug-likeness (QED) is 0.576. The van der Waals surface area contributed by atoms with Crippen LogP contribution in [0.3, 0.4) is 0 Å². The minimum absolute atomic E-state index is 0.0520. The van der Waals surface area contributed by atoms with Crippen molar-refractivity contribution in [2.24, 2.45) is 0 Å². The molecule has 1 nitrogen and oxygen atoms in total. The molecule has 0 spiro atoms. The highest BCUT2D eigenvalue weighted by Gasteiger charge is 2.15. The second-order valence-corrected chi connectivity index (χ2v) is 5.45. The minimum Gasteiger partial charge on any atom is -0.491 e. The summed E-state index contributed by atoms with van der Waals surface area (Å²) < 4.78 is 47.5. The molecule has 23 heavy (non-hydrogen) atoms. The molecule has 0 aliphatic heterocycles. The second-order valence-electron chi connectivity index (χ2n) is 5.45. The summed E-state index contributed by atoms with van der Waals surface area (Å²) in [7, 11) is 0. The fourth-order valence-corrected chi connectivity index (χ4v) is 2.41. The van der Waals surface area contributed by atoms with Gasteiger partial charge >= 0.3 is 0 Å². The fourth-order valence-electron chi connectivity index (χ4n) is 2.41. The highest BCUT2D eigenvalue weighted by molar-refractivity contribution is 5.65. The van der Waals surface area contributed by atoms with E-state index in [1.165, 1.54) is 24.3 Å². The largest absolute Gasteiger partial charge is 0.491 e. The van der Waals surface area contributed by atoms with E-state index < -0.39 is 17.5 Å². The summed E-state index contributed by atoms with van der Waals surface area (Å²) >= 11 is 0. The Labute approximate surface area is 135 Å². The molecule has 0 saturated carbocycles. The van der Waals surface area contributed by atoms with E-state index in [-0.39, 0.29) is 11.3 Å². The molecule has 4 heteroatoms. The van der Waals surface area contributed by atoms with Gasteiger partial charge < -0.3 is 4.74 Å². The van der Waals surface area contributed by atoms with Crippen LogP contribution in [0, 0.1) is 17.5 Å². The number of hydrogen-bond acceptors (Lipinski definition) is 1. The SMILES string of the molecule is CCCCCOc1ccc(-c2ccc(CC)c(F)c2F)cc1F. The highest BCUT2D eigenvalue weighted by Crippen LogP contribution is 2.30. The Bertz CT molecular complexity index is 668. The molecule has 124 valence electrons. The van der Waals surface area contributed by atoms with Gasteiger partial charge in [0.05, 0.1) is 6.61 Å².